The molecule has 0 aromatic heterocycles. The summed E-state index contributed by atoms with van der Waals surface area (Å²) in [6.45, 7) is 1.88. The van der Waals surface area contributed by atoms with Crippen LogP contribution in [0.15, 0.2) is 34.8 Å². The molecule has 6 heteroatoms. The standard InChI is InChI=1S/C15H16BrN3O2/c1-8-5-9(16)6-13(21-2)14(8)19-15(20)11-4-3-10(17)7-12(11)18/h3-7H,17-18H2,1-2H3,(H,19,20). The predicted octanol–water partition coefficient (Wildman–Crippen LogP) is 3.18. The molecule has 0 unspecified atom stereocenters. The summed E-state index contributed by atoms with van der Waals surface area (Å²) in [6, 6.07) is 8.47. The van der Waals surface area contributed by atoms with Gasteiger partial charge in [0.25, 0.3) is 5.91 Å². The second kappa shape index (κ2) is 6.05. The average Bonchev–Trinajstić information content (AvgIpc) is 2.41. The number of methoxy groups -OCH3 is 1. The molecule has 0 fully saturated rings. The lowest BCUT2D eigenvalue weighted by Crippen LogP contribution is -2.15. The lowest BCUT2D eigenvalue weighted by Gasteiger charge is -2.14. The van der Waals surface area contributed by atoms with Crippen molar-refractivity contribution in [2.75, 3.05) is 23.9 Å². The number of halogens is 1. The molecule has 2 aromatic carbocycles. The number of anilines is 3. The van der Waals surface area contributed by atoms with Gasteiger partial charge >= 0.3 is 0 Å². The maximum Gasteiger partial charge on any atom is 0.257 e. The van der Waals surface area contributed by atoms with E-state index in [1.165, 1.54) is 0 Å². The molecule has 0 aliphatic carbocycles. The zero-order valence-corrected chi connectivity index (χ0v) is 13.3. The molecule has 1 amide bonds. The van der Waals surface area contributed by atoms with Crippen molar-refractivity contribution in [1.82, 2.24) is 0 Å². The molecule has 0 bridgehead atoms. The largest absolute Gasteiger partial charge is 0.495 e. The first-order valence-electron chi connectivity index (χ1n) is 6.23. The maximum atomic E-state index is 12.4. The van der Waals surface area contributed by atoms with E-state index in [1.807, 2.05) is 13.0 Å². The van der Waals surface area contributed by atoms with E-state index in [-0.39, 0.29) is 5.91 Å². The van der Waals surface area contributed by atoms with Gasteiger partial charge in [-0.05, 0) is 42.8 Å². The number of ether oxygens (including phenoxy) is 1. The van der Waals surface area contributed by atoms with Gasteiger partial charge in [-0.25, -0.2) is 0 Å². The van der Waals surface area contributed by atoms with E-state index in [0.717, 1.165) is 10.0 Å². The SMILES string of the molecule is COc1cc(Br)cc(C)c1NC(=O)c1ccc(N)cc1N. The molecule has 5 nitrogen and oxygen atoms in total. The third kappa shape index (κ3) is 3.28. The van der Waals surface area contributed by atoms with Crippen LogP contribution >= 0.6 is 15.9 Å². The summed E-state index contributed by atoms with van der Waals surface area (Å²) in [5.41, 5.74) is 14.2. The van der Waals surface area contributed by atoms with Gasteiger partial charge in [-0.1, -0.05) is 15.9 Å². The molecule has 0 atom stereocenters. The van der Waals surface area contributed by atoms with Crippen molar-refractivity contribution < 1.29 is 9.53 Å². The van der Waals surface area contributed by atoms with Crippen LogP contribution in [0.2, 0.25) is 0 Å². The van der Waals surface area contributed by atoms with Crippen LogP contribution in [0.5, 0.6) is 5.75 Å². The maximum absolute atomic E-state index is 12.4. The molecular weight excluding hydrogens is 334 g/mol. The smallest absolute Gasteiger partial charge is 0.257 e. The van der Waals surface area contributed by atoms with Crippen LogP contribution in [0.4, 0.5) is 17.1 Å². The zero-order valence-electron chi connectivity index (χ0n) is 11.7. The second-order valence-electron chi connectivity index (χ2n) is 4.60. The fraction of sp³-hybridized carbons (Fsp3) is 0.133. The molecule has 0 radical (unpaired) electrons. The van der Waals surface area contributed by atoms with E-state index in [4.69, 9.17) is 16.2 Å². The minimum absolute atomic E-state index is 0.309. The highest BCUT2D eigenvalue weighted by molar-refractivity contribution is 9.10. The molecule has 110 valence electrons. The normalized spacial score (nSPS) is 10.2. The van der Waals surface area contributed by atoms with Gasteiger partial charge in [0.1, 0.15) is 5.75 Å². The number of carbonyl (C=O) groups is 1. The molecule has 0 heterocycles. The van der Waals surface area contributed by atoms with Crippen LogP contribution in [-0.2, 0) is 0 Å². The Kier molecular flexibility index (Phi) is 4.37. The Morgan fingerprint density at radius 2 is 1.95 bits per heavy atom. The number of nitrogens with one attached hydrogen (secondary N) is 1. The van der Waals surface area contributed by atoms with Crippen LogP contribution in [0.3, 0.4) is 0 Å². The van der Waals surface area contributed by atoms with Gasteiger partial charge in [-0.15, -0.1) is 0 Å². The van der Waals surface area contributed by atoms with Crippen LogP contribution in [-0.4, -0.2) is 13.0 Å². The van der Waals surface area contributed by atoms with E-state index in [0.29, 0.717) is 28.4 Å². The average molecular weight is 350 g/mol. The lowest BCUT2D eigenvalue weighted by molar-refractivity contribution is 0.102. The van der Waals surface area contributed by atoms with Crippen molar-refractivity contribution in [3.05, 3.63) is 45.9 Å². The molecule has 0 saturated heterocycles. The molecule has 0 spiro atoms. The fourth-order valence-corrected chi connectivity index (χ4v) is 2.55. The quantitative estimate of drug-likeness (QED) is 0.742. The van der Waals surface area contributed by atoms with Crippen LogP contribution in [0.1, 0.15) is 15.9 Å². The third-order valence-electron chi connectivity index (χ3n) is 3.04. The lowest BCUT2D eigenvalue weighted by atomic mass is 10.1. The van der Waals surface area contributed by atoms with Gasteiger partial charge in [0.15, 0.2) is 0 Å². The number of carbonyl (C=O) groups excluding carboxylic acids is 1. The summed E-state index contributed by atoms with van der Waals surface area (Å²) in [6.07, 6.45) is 0. The van der Waals surface area contributed by atoms with Crippen molar-refractivity contribution in [2.24, 2.45) is 0 Å². The van der Waals surface area contributed by atoms with Crippen molar-refractivity contribution in [3.63, 3.8) is 0 Å². The number of rotatable bonds is 3. The molecule has 0 aliphatic rings. The van der Waals surface area contributed by atoms with Crippen LogP contribution < -0.4 is 21.5 Å². The Hall–Kier alpha value is -2.21. The molecule has 0 aliphatic heterocycles. The molecular formula is C15H16BrN3O2. The van der Waals surface area contributed by atoms with Crippen LogP contribution in [0.25, 0.3) is 0 Å². The number of hydrogen-bond acceptors (Lipinski definition) is 4. The van der Waals surface area contributed by atoms with Gasteiger partial charge in [-0.2, -0.15) is 0 Å². The summed E-state index contributed by atoms with van der Waals surface area (Å²) in [5, 5.41) is 2.83. The van der Waals surface area contributed by atoms with Gasteiger partial charge in [0, 0.05) is 15.8 Å². The van der Waals surface area contributed by atoms with E-state index in [1.54, 1.807) is 31.4 Å². The predicted molar refractivity (Wildman–Crippen MR) is 88.7 cm³/mol. The Balaban J connectivity index is 2.36. The van der Waals surface area contributed by atoms with Crippen molar-refractivity contribution in [1.29, 1.82) is 0 Å². The zero-order chi connectivity index (χ0) is 15.6. The first-order valence-corrected chi connectivity index (χ1v) is 7.02. The highest BCUT2D eigenvalue weighted by atomic mass is 79.9. The van der Waals surface area contributed by atoms with E-state index >= 15 is 0 Å². The minimum atomic E-state index is -0.309. The van der Waals surface area contributed by atoms with Crippen molar-refractivity contribution in [2.45, 2.75) is 6.92 Å². The molecule has 21 heavy (non-hydrogen) atoms. The monoisotopic (exact) mass is 349 g/mol. The number of nitrogens with two attached hydrogens (primary N) is 2. The Bertz CT molecular complexity index is 702. The number of amides is 1. The molecule has 2 rings (SSSR count). The third-order valence-corrected chi connectivity index (χ3v) is 3.50. The van der Waals surface area contributed by atoms with Gasteiger partial charge < -0.3 is 21.5 Å². The van der Waals surface area contributed by atoms with Gasteiger partial charge in [0.2, 0.25) is 0 Å². The number of aryl methyl sites for hydroxylation is 1. The van der Waals surface area contributed by atoms with E-state index in [2.05, 4.69) is 21.2 Å². The summed E-state index contributed by atoms with van der Waals surface area (Å²) in [5.74, 6) is 0.264. The Labute approximate surface area is 131 Å². The summed E-state index contributed by atoms with van der Waals surface area (Å²) >= 11 is 3.39. The van der Waals surface area contributed by atoms with Gasteiger partial charge in [0.05, 0.1) is 18.4 Å². The van der Waals surface area contributed by atoms with Crippen LogP contribution in [0, 0.1) is 6.92 Å². The first kappa shape index (κ1) is 15.2. The van der Waals surface area contributed by atoms with E-state index in [9.17, 15) is 4.79 Å². The minimum Gasteiger partial charge on any atom is -0.495 e. The topological polar surface area (TPSA) is 90.4 Å². The molecule has 5 N–H and O–H groups in total. The Morgan fingerprint density at radius 1 is 1.24 bits per heavy atom. The Morgan fingerprint density at radius 3 is 2.57 bits per heavy atom. The van der Waals surface area contributed by atoms with E-state index < -0.39 is 0 Å². The van der Waals surface area contributed by atoms with Crippen molar-refractivity contribution >= 4 is 38.9 Å². The number of nitrogen functional groups attached to an aromatic ring is 2. The molecule has 2 aromatic rings. The second-order valence-corrected chi connectivity index (χ2v) is 5.52. The summed E-state index contributed by atoms with van der Waals surface area (Å²) in [4.78, 5) is 12.4. The highest BCUT2D eigenvalue weighted by Gasteiger charge is 2.15. The molecule has 0 saturated carbocycles. The summed E-state index contributed by atoms with van der Waals surface area (Å²) < 4.78 is 6.17. The number of benzene rings is 2. The number of hydrogen-bond donors (Lipinski definition) is 3. The first-order chi connectivity index (χ1) is 9.92. The van der Waals surface area contributed by atoms with Crippen molar-refractivity contribution in [3.8, 4) is 5.75 Å². The fourth-order valence-electron chi connectivity index (χ4n) is 2.00. The summed E-state index contributed by atoms with van der Waals surface area (Å²) in [7, 11) is 1.55. The highest BCUT2D eigenvalue weighted by Crippen LogP contribution is 2.32. The van der Waals surface area contributed by atoms with Gasteiger partial charge in [-0.3, -0.25) is 4.79 Å².